The van der Waals surface area contributed by atoms with Gasteiger partial charge in [-0.15, -0.1) is 0 Å². The lowest BCUT2D eigenvalue weighted by Crippen LogP contribution is -2.36. The average molecular weight is 246 g/mol. The molecule has 2 saturated heterocycles. The van der Waals surface area contributed by atoms with Gasteiger partial charge in [0.05, 0.1) is 5.60 Å². The summed E-state index contributed by atoms with van der Waals surface area (Å²) < 4.78 is 6.17. The Labute approximate surface area is 109 Å². The van der Waals surface area contributed by atoms with E-state index in [1.807, 2.05) is 6.07 Å². The van der Waals surface area contributed by atoms with Crippen LogP contribution < -0.4 is 0 Å². The van der Waals surface area contributed by atoms with E-state index in [4.69, 9.17) is 4.74 Å². The van der Waals surface area contributed by atoms with Gasteiger partial charge in [-0.25, -0.2) is 0 Å². The van der Waals surface area contributed by atoms with Crippen LogP contribution in [0.1, 0.15) is 44.6 Å². The monoisotopic (exact) mass is 246 g/mol. The zero-order valence-corrected chi connectivity index (χ0v) is 11.1. The predicted molar refractivity (Wildman–Crippen MR) is 71.2 cm³/mol. The summed E-state index contributed by atoms with van der Waals surface area (Å²) in [7, 11) is 0. The zero-order chi connectivity index (χ0) is 12.6. The lowest BCUT2D eigenvalue weighted by molar-refractivity contribution is -0.234. The first-order chi connectivity index (χ1) is 8.62. The van der Waals surface area contributed by atoms with Gasteiger partial charge in [-0.3, -0.25) is 0 Å². The number of ether oxygens (including phenoxy) is 1. The summed E-state index contributed by atoms with van der Waals surface area (Å²) in [6, 6.07) is 10.5. The molecular weight excluding hydrogens is 224 g/mol. The van der Waals surface area contributed by atoms with Gasteiger partial charge in [-0.2, -0.15) is 0 Å². The van der Waals surface area contributed by atoms with Crippen molar-refractivity contribution in [2.45, 2.75) is 56.8 Å². The molecular formula is C16H22O2. The lowest BCUT2D eigenvalue weighted by Gasteiger charge is -2.30. The number of hydrogen-bond acceptors (Lipinski definition) is 2. The smallest absolute Gasteiger partial charge is 0.168 e. The predicted octanol–water partition coefficient (Wildman–Crippen LogP) is 3.29. The highest BCUT2D eigenvalue weighted by Crippen LogP contribution is 2.49. The van der Waals surface area contributed by atoms with Crippen molar-refractivity contribution < 1.29 is 9.84 Å². The SMILES string of the molecule is C[C@H]1C[C@@]2(Cc3ccccc3)CCCC[C@]1(O)O2. The van der Waals surface area contributed by atoms with Crippen LogP contribution in [0.15, 0.2) is 30.3 Å². The molecule has 0 unspecified atom stereocenters. The molecule has 18 heavy (non-hydrogen) atoms. The second-order valence-corrected chi connectivity index (χ2v) is 6.10. The van der Waals surface area contributed by atoms with Gasteiger partial charge < -0.3 is 9.84 Å². The van der Waals surface area contributed by atoms with E-state index >= 15 is 0 Å². The van der Waals surface area contributed by atoms with Crippen LogP contribution in [0, 0.1) is 5.92 Å². The molecule has 0 radical (unpaired) electrons. The van der Waals surface area contributed by atoms with Gasteiger partial charge in [0.15, 0.2) is 5.79 Å². The van der Waals surface area contributed by atoms with Crippen LogP contribution in [0.4, 0.5) is 0 Å². The van der Waals surface area contributed by atoms with Gasteiger partial charge in [-0.05, 0) is 24.8 Å². The molecule has 2 aliphatic rings. The molecule has 0 aromatic heterocycles. The second kappa shape index (κ2) is 4.36. The minimum absolute atomic E-state index is 0.133. The third kappa shape index (κ3) is 2.08. The maximum Gasteiger partial charge on any atom is 0.168 e. The molecule has 0 spiro atoms. The van der Waals surface area contributed by atoms with E-state index in [2.05, 4.69) is 31.2 Å². The topological polar surface area (TPSA) is 29.5 Å². The summed E-state index contributed by atoms with van der Waals surface area (Å²) in [5.41, 5.74) is 1.18. The summed E-state index contributed by atoms with van der Waals surface area (Å²) >= 11 is 0. The summed E-state index contributed by atoms with van der Waals surface area (Å²) in [5, 5.41) is 10.6. The van der Waals surface area contributed by atoms with Gasteiger partial charge >= 0.3 is 0 Å². The molecule has 2 heterocycles. The second-order valence-electron chi connectivity index (χ2n) is 6.10. The first-order valence-electron chi connectivity index (χ1n) is 7.08. The van der Waals surface area contributed by atoms with Crippen LogP contribution >= 0.6 is 0 Å². The van der Waals surface area contributed by atoms with Crippen LogP contribution in [0.2, 0.25) is 0 Å². The van der Waals surface area contributed by atoms with Crippen LogP contribution in [0.25, 0.3) is 0 Å². The Bertz CT molecular complexity index is 416. The summed E-state index contributed by atoms with van der Waals surface area (Å²) in [6.07, 6.45) is 6.04. The van der Waals surface area contributed by atoms with Gasteiger partial charge in [-0.1, -0.05) is 43.7 Å². The molecule has 2 nitrogen and oxygen atoms in total. The summed E-state index contributed by atoms with van der Waals surface area (Å²) in [6.45, 7) is 2.12. The molecule has 2 heteroatoms. The fourth-order valence-electron chi connectivity index (χ4n) is 3.68. The highest BCUT2D eigenvalue weighted by Gasteiger charge is 2.53. The molecule has 1 aromatic carbocycles. The van der Waals surface area contributed by atoms with Gasteiger partial charge in [0, 0.05) is 18.8 Å². The molecule has 2 aliphatic heterocycles. The van der Waals surface area contributed by atoms with Crippen molar-refractivity contribution in [3.8, 4) is 0 Å². The molecule has 2 bridgehead atoms. The van der Waals surface area contributed by atoms with Crippen LogP contribution in [-0.4, -0.2) is 16.5 Å². The van der Waals surface area contributed by atoms with Crippen molar-refractivity contribution in [2.24, 2.45) is 5.92 Å². The number of fused-ring (bicyclic) bond motifs is 2. The van der Waals surface area contributed by atoms with E-state index < -0.39 is 5.79 Å². The fraction of sp³-hybridized carbons (Fsp3) is 0.625. The van der Waals surface area contributed by atoms with Crippen LogP contribution in [0.5, 0.6) is 0 Å². The maximum absolute atomic E-state index is 10.6. The molecule has 98 valence electrons. The van der Waals surface area contributed by atoms with E-state index in [0.29, 0.717) is 0 Å². The van der Waals surface area contributed by atoms with Gasteiger partial charge in [0.2, 0.25) is 0 Å². The van der Waals surface area contributed by atoms with Gasteiger partial charge in [0.25, 0.3) is 0 Å². The van der Waals surface area contributed by atoms with Crippen molar-refractivity contribution in [1.29, 1.82) is 0 Å². The van der Waals surface area contributed by atoms with Crippen molar-refractivity contribution in [2.75, 3.05) is 0 Å². The minimum atomic E-state index is -0.870. The number of aliphatic hydroxyl groups is 1. The van der Waals surface area contributed by atoms with E-state index in [1.54, 1.807) is 0 Å². The highest BCUT2D eigenvalue weighted by molar-refractivity contribution is 5.18. The molecule has 2 fully saturated rings. The third-order valence-electron chi connectivity index (χ3n) is 4.63. The van der Waals surface area contributed by atoms with Crippen molar-refractivity contribution in [3.05, 3.63) is 35.9 Å². The van der Waals surface area contributed by atoms with Crippen LogP contribution in [0.3, 0.4) is 0 Å². The number of rotatable bonds is 2. The normalized spacial score (nSPS) is 39.6. The van der Waals surface area contributed by atoms with Crippen molar-refractivity contribution in [1.82, 2.24) is 0 Å². The molecule has 0 saturated carbocycles. The molecule has 0 amide bonds. The number of benzene rings is 1. The van der Waals surface area contributed by atoms with E-state index in [-0.39, 0.29) is 11.5 Å². The Hall–Kier alpha value is -0.860. The largest absolute Gasteiger partial charge is 0.365 e. The average Bonchev–Trinajstić information content (AvgIpc) is 2.48. The third-order valence-corrected chi connectivity index (χ3v) is 4.63. The van der Waals surface area contributed by atoms with Gasteiger partial charge in [0.1, 0.15) is 0 Å². The standard InChI is InChI=1S/C16H22O2/c1-13-11-15(12-14-7-3-2-4-8-14)9-5-6-10-16(13,17)18-15/h2-4,7-8,13,17H,5-6,9-12H2,1H3/t13-,15+,16-/m0/s1. The lowest BCUT2D eigenvalue weighted by atomic mass is 9.80. The van der Waals surface area contributed by atoms with E-state index in [1.165, 1.54) is 12.0 Å². The Kier molecular flexibility index (Phi) is 2.95. The zero-order valence-electron chi connectivity index (χ0n) is 11.1. The molecule has 0 aliphatic carbocycles. The first-order valence-corrected chi connectivity index (χ1v) is 7.08. The molecule has 3 rings (SSSR count). The van der Waals surface area contributed by atoms with Crippen molar-refractivity contribution >= 4 is 0 Å². The summed E-state index contributed by atoms with van der Waals surface area (Å²) in [4.78, 5) is 0. The fourth-order valence-corrected chi connectivity index (χ4v) is 3.68. The maximum atomic E-state index is 10.6. The Balaban J connectivity index is 1.85. The molecule has 3 atom stereocenters. The minimum Gasteiger partial charge on any atom is -0.365 e. The Morgan fingerprint density at radius 1 is 1.22 bits per heavy atom. The molecule has 1 N–H and O–H groups in total. The Morgan fingerprint density at radius 3 is 2.72 bits per heavy atom. The first kappa shape index (κ1) is 12.2. The quantitative estimate of drug-likeness (QED) is 0.867. The van der Waals surface area contributed by atoms with E-state index in [0.717, 1.165) is 32.1 Å². The Morgan fingerprint density at radius 2 is 1.94 bits per heavy atom. The number of hydrogen-bond donors (Lipinski definition) is 1. The molecule has 1 aromatic rings. The van der Waals surface area contributed by atoms with Crippen molar-refractivity contribution in [3.63, 3.8) is 0 Å². The summed E-state index contributed by atoms with van der Waals surface area (Å²) in [5.74, 6) is -0.618. The van der Waals surface area contributed by atoms with Crippen LogP contribution in [-0.2, 0) is 11.2 Å². The van der Waals surface area contributed by atoms with E-state index in [9.17, 15) is 5.11 Å². The highest BCUT2D eigenvalue weighted by atomic mass is 16.6.